The number of amides is 2. The first kappa shape index (κ1) is 15.6. The molecule has 0 fully saturated rings. The second-order valence-corrected chi connectivity index (χ2v) is 4.51. The Morgan fingerprint density at radius 3 is 2.50 bits per heavy atom. The van der Waals surface area contributed by atoms with Gasteiger partial charge in [-0.3, -0.25) is 25.1 Å². The summed E-state index contributed by atoms with van der Waals surface area (Å²) in [6.07, 6.45) is 0. The van der Waals surface area contributed by atoms with Gasteiger partial charge in [0.2, 0.25) is 0 Å². The Labute approximate surface area is 115 Å². The molecule has 8 heteroatoms. The van der Waals surface area contributed by atoms with E-state index in [9.17, 15) is 19.7 Å². The van der Waals surface area contributed by atoms with Crippen LogP contribution in [0.2, 0.25) is 0 Å². The molecule has 0 saturated heterocycles. The smallest absolute Gasteiger partial charge is 0.270 e. The number of nitro groups is 1. The Bertz CT molecular complexity index is 530. The molecular weight excluding hydrogens is 264 g/mol. The summed E-state index contributed by atoms with van der Waals surface area (Å²) in [7, 11) is 0. The van der Waals surface area contributed by atoms with E-state index in [4.69, 9.17) is 5.84 Å². The van der Waals surface area contributed by atoms with Crippen molar-refractivity contribution in [1.29, 1.82) is 0 Å². The maximum absolute atomic E-state index is 12.0. The van der Waals surface area contributed by atoms with Crippen molar-refractivity contribution in [3.05, 3.63) is 39.9 Å². The average molecular weight is 280 g/mol. The number of hydrogen-bond acceptors (Lipinski definition) is 5. The van der Waals surface area contributed by atoms with Crippen molar-refractivity contribution >= 4 is 17.5 Å². The highest BCUT2D eigenvalue weighted by Gasteiger charge is 2.24. The van der Waals surface area contributed by atoms with Gasteiger partial charge in [-0.2, -0.15) is 0 Å². The van der Waals surface area contributed by atoms with Gasteiger partial charge in [0.1, 0.15) is 6.04 Å². The van der Waals surface area contributed by atoms with Gasteiger partial charge >= 0.3 is 0 Å². The zero-order valence-corrected chi connectivity index (χ0v) is 11.1. The van der Waals surface area contributed by atoms with Crippen molar-refractivity contribution in [2.75, 3.05) is 0 Å². The SMILES string of the molecule is CC(C)[C@@H](NC(=O)c1cccc([N+](=O)[O-])c1)C(=O)NN. The second kappa shape index (κ2) is 6.62. The van der Waals surface area contributed by atoms with E-state index in [1.165, 1.54) is 18.2 Å². The molecule has 0 saturated carbocycles. The summed E-state index contributed by atoms with van der Waals surface area (Å²) >= 11 is 0. The zero-order valence-electron chi connectivity index (χ0n) is 11.1. The average Bonchev–Trinajstić information content (AvgIpc) is 2.43. The van der Waals surface area contributed by atoms with E-state index in [1.54, 1.807) is 13.8 Å². The fourth-order valence-corrected chi connectivity index (χ4v) is 1.61. The largest absolute Gasteiger partial charge is 0.340 e. The zero-order chi connectivity index (χ0) is 15.3. The molecule has 0 aliphatic heterocycles. The Morgan fingerprint density at radius 1 is 1.35 bits per heavy atom. The molecule has 0 unspecified atom stereocenters. The molecule has 8 nitrogen and oxygen atoms in total. The van der Waals surface area contributed by atoms with Crippen LogP contribution in [0.25, 0.3) is 0 Å². The topological polar surface area (TPSA) is 127 Å². The van der Waals surface area contributed by atoms with Crippen LogP contribution in [0.3, 0.4) is 0 Å². The molecule has 0 bridgehead atoms. The summed E-state index contributed by atoms with van der Waals surface area (Å²) in [6.45, 7) is 3.49. The van der Waals surface area contributed by atoms with E-state index >= 15 is 0 Å². The van der Waals surface area contributed by atoms with Crippen LogP contribution in [0, 0.1) is 16.0 Å². The third-order valence-corrected chi connectivity index (χ3v) is 2.70. The summed E-state index contributed by atoms with van der Waals surface area (Å²) in [6, 6.07) is 4.45. The van der Waals surface area contributed by atoms with Gasteiger partial charge < -0.3 is 5.32 Å². The molecule has 1 rings (SSSR count). The molecule has 0 radical (unpaired) electrons. The van der Waals surface area contributed by atoms with Gasteiger partial charge in [0.05, 0.1) is 4.92 Å². The number of hydrogen-bond donors (Lipinski definition) is 3. The lowest BCUT2D eigenvalue weighted by molar-refractivity contribution is -0.384. The number of non-ortho nitro benzene ring substituents is 1. The van der Waals surface area contributed by atoms with E-state index in [1.807, 2.05) is 5.43 Å². The van der Waals surface area contributed by atoms with Gasteiger partial charge in [0.25, 0.3) is 17.5 Å². The van der Waals surface area contributed by atoms with Crippen LogP contribution in [-0.2, 0) is 4.79 Å². The maximum Gasteiger partial charge on any atom is 0.270 e. The van der Waals surface area contributed by atoms with Crippen molar-refractivity contribution < 1.29 is 14.5 Å². The number of carbonyl (C=O) groups excluding carboxylic acids is 2. The minimum atomic E-state index is -0.813. The molecule has 1 aromatic carbocycles. The molecule has 20 heavy (non-hydrogen) atoms. The third-order valence-electron chi connectivity index (χ3n) is 2.70. The van der Waals surface area contributed by atoms with Gasteiger partial charge in [0.15, 0.2) is 0 Å². The molecule has 0 heterocycles. The number of hydrazine groups is 1. The van der Waals surface area contributed by atoms with Crippen molar-refractivity contribution in [3.8, 4) is 0 Å². The first-order chi connectivity index (χ1) is 9.36. The van der Waals surface area contributed by atoms with E-state index in [-0.39, 0.29) is 17.2 Å². The normalized spacial score (nSPS) is 11.8. The van der Waals surface area contributed by atoms with Crippen LogP contribution < -0.4 is 16.6 Å². The van der Waals surface area contributed by atoms with Crippen LogP contribution >= 0.6 is 0 Å². The predicted molar refractivity (Wildman–Crippen MR) is 71.5 cm³/mol. The highest BCUT2D eigenvalue weighted by atomic mass is 16.6. The molecule has 1 atom stereocenters. The van der Waals surface area contributed by atoms with Gasteiger partial charge in [-0.25, -0.2) is 5.84 Å². The fourth-order valence-electron chi connectivity index (χ4n) is 1.61. The fraction of sp³-hybridized carbons (Fsp3) is 0.333. The summed E-state index contributed by atoms with van der Waals surface area (Å²) in [5.74, 6) is 3.77. The Morgan fingerprint density at radius 2 is 2.00 bits per heavy atom. The monoisotopic (exact) mass is 280 g/mol. The molecule has 0 aromatic heterocycles. The Kier molecular flexibility index (Phi) is 5.15. The third kappa shape index (κ3) is 3.75. The van der Waals surface area contributed by atoms with Crippen LogP contribution in [0.15, 0.2) is 24.3 Å². The Hall–Kier alpha value is -2.48. The number of nitrogens with two attached hydrogens (primary N) is 1. The highest BCUT2D eigenvalue weighted by molar-refractivity contribution is 5.98. The summed E-state index contributed by atoms with van der Waals surface area (Å²) in [5.41, 5.74) is 1.88. The molecule has 0 aliphatic carbocycles. The molecule has 0 aliphatic rings. The second-order valence-electron chi connectivity index (χ2n) is 4.51. The lowest BCUT2D eigenvalue weighted by atomic mass is 10.0. The van der Waals surface area contributed by atoms with Crippen molar-refractivity contribution in [2.45, 2.75) is 19.9 Å². The van der Waals surface area contributed by atoms with Crippen molar-refractivity contribution in [2.24, 2.45) is 11.8 Å². The van der Waals surface area contributed by atoms with E-state index in [0.29, 0.717) is 0 Å². The molecule has 2 amide bonds. The number of rotatable bonds is 5. The van der Waals surface area contributed by atoms with Crippen molar-refractivity contribution in [1.82, 2.24) is 10.7 Å². The number of benzene rings is 1. The summed E-state index contributed by atoms with van der Waals surface area (Å²) < 4.78 is 0. The van der Waals surface area contributed by atoms with Crippen LogP contribution in [-0.4, -0.2) is 22.8 Å². The lowest BCUT2D eigenvalue weighted by Gasteiger charge is -2.20. The van der Waals surface area contributed by atoms with Crippen LogP contribution in [0.1, 0.15) is 24.2 Å². The number of nitro benzene ring substituents is 1. The summed E-state index contributed by atoms with van der Waals surface area (Å²) in [4.78, 5) is 33.6. The van der Waals surface area contributed by atoms with E-state index < -0.39 is 22.8 Å². The maximum atomic E-state index is 12.0. The van der Waals surface area contributed by atoms with Gasteiger partial charge in [-0.05, 0) is 12.0 Å². The molecule has 108 valence electrons. The van der Waals surface area contributed by atoms with Gasteiger partial charge in [0, 0.05) is 17.7 Å². The lowest BCUT2D eigenvalue weighted by Crippen LogP contribution is -2.51. The van der Waals surface area contributed by atoms with Gasteiger partial charge in [-0.1, -0.05) is 19.9 Å². The quantitative estimate of drug-likeness (QED) is 0.310. The van der Waals surface area contributed by atoms with Crippen LogP contribution in [0.5, 0.6) is 0 Å². The first-order valence-corrected chi connectivity index (χ1v) is 5.92. The molecular formula is C12H16N4O4. The van der Waals surface area contributed by atoms with Crippen molar-refractivity contribution in [3.63, 3.8) is 0 Å². The molecule has 4 N–H and O–H groups in total. The molecule has 1 aromatic rings. The Balaban J connectivity index is 2.92. The number of nitrogens with zero attached hydrogens (tertiary/aromatic N) is 1. The minimum absolute atomic E-state index is 0.106. The standard InChI is InChI=1S/C12H16N4O4/c1-7(2)10(12(18)15-13)14-11(17)8-4-3-5-9(6-8)16(19)20/h3-7,10H,13H2,1-2H3,(H,14,17)(H,15,18)/t10-/m1/s1. The van der Waals surface area contributed by atoms with E-state index in [0.717, 1.165) is 6.07 Å². The van der Waals surface area contributed by atoms with Gasteiger partial charge in [-0.15, -0.1) is 0 Å². The first-order valence-electron chi connectivity index (χ1n) is 5.92. The predicted octanol–water partition coefficient (Wildman–Crippen LogP) is 0.339. The highest BCUT2D eigenvalue weighted by Crippen LogP contribution is 2.13. The van der Waals surface area contributed by atoms with E-state index in [2.05, 4.69) is 5.32 Å². The minimum Gasteiger partial charge on any atom is -0.340 e. The number of nitrogens with one attached hydrogen (secondary N) is 2. The number of carbonyl (C=O) groups is 2. The molecule has 0 spiro atoms. The van der Waals surface area contributed by atoms with Crippen LogP contribution in [0.4, 0.5) is 5.69 Å². The summed E-state index contributed by atoms with van der Waals surface area (Å²) in [5, 5.41) is 13.1.